The van der Waals surface area contributed by atoms with Crippen molar-refractivity contribution in [2.75, 3.05) is 34.2 Å². The number of esters is 1. The minimum Gasteiger partial charge on any atom is -0.468 e. The van der Waals surface area contributed by atoms with Gasteiger partial charge in [0.2, 0.25) is 0 Å². The molecular formula is C16H24O5S3Si. The molecule has 1 aromatic carbocycles. The van der Waals surface area contributed by atoms with Gasteiger partial charge in [0, 0.05) is 27.4 Å². The highest BCUT2D eigenvalue weighted by Crippen LogP contribution is 2.35. The van der Waals surface area contributed by atoms with Crippen LogP contribution in [0.3, 0.4) is 0 Å². The molecule has 1 atom stereocenters. The smallest absolute Gasteiger partial charge is 0.468 e. The predicted octanol–water partition coefficient (Wildman–Crippen LogP) is 3.92. The van der Waals surface area contributed by atoms with Crippen molar-refractivity contribution >= 4 is 54.0 Å². The van der Waals surface area contributed by atoms with Crippen molar-refractivity contribution < 1.29 is 22.8 Å². The molecule has 1 rings (SSSR count). The van der Waals surface area contributed by atoms with Gasteiger partial charge in [-0.25, -0.2) is 0 Å². The molecule has 0 aromatic heterocycles. The largest absolute Gasteiger partial charge is 0.500 e. The highest BCUT2D eigenvalue weighted by Gasteiger charge is 2.36. The fourth-order valence-corrected chi connectivity index (χ4v) is 6.58. The van der Waals surface area contributed by atoms with Gasteiger partial charge in [0.25, 0.3) is 0 Å². The average Bonchev–Trinajstić information content (AvgIpc) is 2.67. The van der Waals surface area contributed by atoms with Gasteiger partial charge in [0.05, 0.1) is 7.11 Å². The molecule has 1 aromatic rings. The maximum absolute atomic E-state index is 12.1. The van der Waals surface area contributed by atoms with E-state index in [-0.39, 0.29) is 5.97 Å². The number of hydrogen-bond acceptors (Lipinski definition) is 8. The van der Waals surface area contributed by atoms with Crippen LogP contribution in [0.4, 0.5) is 0 Å². The maximum atomic E-state index is 12.1. The Hall–Kier alpha value is -0.423. The number of benzene rings is 1. The Labute approximate surface area is 164 Å². The molecule has 0 aliphatic heterocycles. The van der Waals surface area contributed by atoms with Crippen LogP contribution < -0.4 is 0 Å². The standard InChI is InChI=1S/C16H24O5S3Si/c1-18-15(17)14(13-9-6-5-7-10-13)24-16(22)23-11-8-12-25(19-2,20-3)21-4/h5-7,9-10,14H,8,11-12H2,1-4H3. The van der Waals surface area contributed by atoms with Crippen molar-refractivity contribution in [1.29, 1.82) is 0 Å². The molecule has 9 heteroatoms. The second-order valence-electron chi connectivity index (χ2n) is 4.93. The Kier molecular flexibility index (Phi) is 10.9. The molecule has 0 spiro atoms. The van der Waals surface area contributed by atoms with Crippen LogP contribution in [0.5, 0.6) is 0 Å². The molecule has 25 heavy (non-hydrogen) atoms. The molecule has 0 amide bonds. The van der Waals surface area contributed by atoms with Crippen molar-refractivity contribution in [3.63, 3.8) is 0 Å². The van der Waals surface area contributed by atoms with Crippen molar-refractivity contribution in [3.8, 4) is 0 Å². The van der Waals surface area contributed by atoms with Crippen LogP contribution in [0.15, 0.2) is 30.3 Å². The normalized spacial score (nSPS) is 12.6. The lowest BCUT2D eigenvalue weighted by atomic mass is 10.1. The lowest BCUT2D eigenvalue weighted by Gasteiger charge is -2.24. The molecule has 140 valence electrons. The van der Waals surface area contributed by atoms with Gasteiger partial charge < -0.3 is 18.0 Å². The second-order valence-corrected chi connectivity index (χ2v) is 11.4. The van der Waals surface area contributed by atoms with Crippen LogP contribution in [0, 0.1) is 0 Å². The van der Waals surface area contributed by atoms with E-state index >= 15 is 0 Å². The first-order valence-electron chi connectivity index (χ1n) is 7.63. The summed E-state index contributed by atoms with van der Waals surface area (Å²) in [6, 6.07) is 10.2. The summed E-state index contributed by atoms with van der Waals surface area (Å²) in [4.78, 5) is 12.1. The molecule has 0 aliphatic rings. The lowest BCUT2D eigenvalue weighted by Crippen LogP contribution is -2.42. The molecule has 0 heterocycles. The van der Waals surface area contributed by atoms with Crippen LogP contribution in [-0.4, -0.2) is 52.5 Å². The van der Waals surface area contributed by atoms with Gasteiger partial charge in [0.15, 0.2) is 0 Å². The second kappa shape index (κ2) is 12.1. The molecule has 0 saturated heterocycles. The fourth-order valence-electron chi connectivity index (χ4n) is 2.12. The number of hydrogen-bond donors (Lipinski definition) is 0. The van der Waals surface area contributed by atoms with E-state index in [0.717, 1.165) is 23.8 Å². The summed E-state index contributed by atoms with van der Waals surface area (Å²) in [7, 11) is 3.67. The van der Waals surface area contributed by atoms with Crippen molar-refractivity contribution in [2.24, 2.45) is 0 Å². The molecule has 0 aliphatic carbocycles. The van der Waals surface area contributed by atoms with Crippen LogP contribution in [0.2, 0.25) is 6.04 Å². The topological polar surface area (TPSA) is 54.0 Å². The molecule has 0 fully saturated rings. The molecule has 0 saturated carbocycles. The number of carbonyl (C=O) groups is 1. The average molecular weight is 421 g/mol. The van der Waals surface area contributed by atoms with Crippen molar-refractivity contribution in [3.05, 3.63) is 35.9 Å². The lowest BCUT2D eigenvalue weighted by molar-refractivity contribution is -0.140. The summed E-state index contributed by atoms with van der Waals surface area (Å²) < 4.78 is 21.8. The van der Waals surface area contributed by atoms with Gasteiger partial charge in [-0.05, 0) is 17.7 Å². The van der Waals surface area contributed by atoms with E-state index in [4.69, 9.17) is 30.2 Å². The van der Waals surface area contributed by atoms with Crippen molar-refractivity contribution in [1.82, 2.24) is 0 Å². The zero-order chi connectivity index (χ0) is 18.7. The van der Waals surface area contributed by atoms with E-state index in [1.54, 1.807) is 33.1 Å². The first-order valence-corrected chi connectivity index (χ1v) is 11.8. The summed E-state index contributed by atoms with van der Waals surface area (Å²) in [5.74, 6) is 0.503. The van der Waals surface area contributed by atoms with Gasteiger partial charge in [-0.3, -0.25) is 4.79 Å². The predicted molar refractivity (Wildman–Crippen MR) is 110 cm³/mol. The first kappa shape index (κ1) is 22.6. The molecule has 1 unspecified atom stereocenters. The third-order valence-corrected chi connectivity index (χ3v) is 9.25. The van der Waals surface area contributed by atoms with E-state index in [0.29, 0.717) is 3.53 Å². The van der Waals surface area contributed by atoms with Gasteiger partial charge in [-0.1, -0.05) is 54.3 Å². The van der Waals surface area contributed by atoms with E-state index in [2.05, 4.69) is 0 Å². The third kappa shape index (κ3) is 7.38. The van der Waals surface area contributed by atoms with Crippen LogP contribution >= 0.6 is 35.7 Å². The number of ether oxygens (including phenoxy) is 1. The van der Waals surface area contributed by atoms with Crippen LogP contribution in [0.25, 0.3) is 0 Å². The van der Waals surface area contributed by atoms with Gasteiger partial charge in [0.1, 0.15) is 8.78 Å². The van der Waals surface area contributed by atoms with Crippen LogP contribution in [-0.2, 0) is 22.8 Å². The molecule has 5 nitrogen and oxygen atoms in total. The first-order chi connectivity index (χ1) is 12.0. The highest BCUT2D eigenvalue weighted by molar-refractivity contribution is 8.47. The molecule has 0 radical (unpaired) electrons. The Morgan fingerprint density at radius 1 is 1.12 bits per heavy atom. The number of thiocarbonyl (C=S) groups is 1. The van der Waals surface area contributed by atoms with Gasteiger partial charge in [-0.15, -0.1) is 11.8 Å². The van der Waals surface area contributed by atoms with E-state index in [1.165, 1.54) is 18.9 Å². The van der Waals surface area contributed by atoms with E-state index in [9.17, 15) is 4.79 Å². The fraction of sp³-hybridized carbons (Fsp3) is 0.500. The summed E-state index contributed by atoms with van der Waals surface area (Å²) >= 11 is 8.31. The van der Waals surface area contributed by atoms with Crippen LogP contribution in [0.1, 0.15) is 17.2 Å². The zero-order valence-electron chi connectivity index (χ0n) is 14.9. The quantitative estimate of drug-likeness (QED) is 0.244. The number of methoxy groups -OCH3 is 1. The summed E-state index contributed by atoms with van der Waals surface area (Å²) in [5, 5.41) is -0.448. The monoisotopic (exact) mass is 420 g/mol. The SMILES string of the molecule is COC(=O)C(SC(=S)SCCC[Si](OC)(OC)OC)c1ccccc1. The maximum Gasteiger partial charge on any atom is 0.500 e. The third-order valence-electron chi connectivity index (χ3n) is 3.51. The molecular weight excluding hydrogens is 396 g/mol. The summed E-state index contributed by atoms with van der Waals surface area (Å²) in [5.41, 5.74) is 0.881. The molecule has 0 bridgehead atoms. The minimum absolute atomic E-state index is 0.302. The minimum atomic E-state index is -2.54. The number of rotatable bonds is 10. The molecule has 0 N–H and O–H groups in total. The Morgan fingerprint density at radius 3 is 2.24 bits per heavy atom. The highest BCUT2D eigenvalue weighted by atomic mass is 32.2. The van der Waals surface area contributed by atoms with E-state index < -0.39 is 14.1 Å². The van der Waals surface area contributed by atoms with Crippen molar-refractivity contribution in [2.45, 2.75) is 17.7 Å². The van der Waals surface area contributed by atoms with E-state index in [1.807, 2.05) is 30.3 Å². The van der Waals surface area contributed by atoms with Gasteiger partial charge in [-0.2, -0.15) is 0 Å². The number of carbonyl (C=O) groups excluding carboxylic acids is 1. The summed E-state index contributed by atoms with van der Waals surface area (Å²) in [6.07, 6.45) is 0.849. The Bertz CT molecular complexity index is 532. The number of thioether (sulfide) groups is 2. The zero-order valence-corrected chi connectivity index (χ0v) is 18.3. The van der Waals surface area contributed by atoms with Gasteiger partial charge >= 0.3 is 14.8 Å². The Morgan fingerprint density at radius 2 is 1.72 bits per heavy atom. The summed E-state index contributed by atoms with van der Waals surface area (Å²) in [6.45, 7) is 0. The Balaban J connectivity index is 2.52.